The number of ether oxygens (including phenoxy) is 1. The predicted molar refractivity (Wildman–Crippen MR) is 91.9 cm³/mol. The lowest BCUT2D eigenvalue weighted by molar-refractivity contribution is 0.373. The lowest BCUT2D eigenvalue weighted by atomic mass is 10.2. The van der Waals surface area contributed by atoms with Crippen molar-refractivity contribution in [2.45, 2.75) is 4.90 Å². The van der Waals surface area contributed by atoms with Gasteiger partial charge in [-0.15, -0.1) is 0 Å². The number of aromatic hydroxyl groups is 1. The number of sulfone groups is 1. The van der Waals surface area contributed by atoms with Crippen LogP contribution in [0.2, 0.25) is 10.0 Å². The molecule has 24 heavy (non-hydrogen) atoms. The molecule has 0 aromatic heterocycles. The van der Waals surface area contributed by atoms with Gasteiger partial charge in [0.2, 0.25) is 9.84 Å². The third-order valence-corrected chi connectivity index (χ3v) is 5.31. The molecule has 1 N–H and O–H groups in total. The van der Waals surface area contributed by atoms with Crippen LogP contribution in [0.5, 0.6) is 11.5 Å². The SMILES string of the molecule is COc1cc(/C=C(\C#N)S(=O)(=O)c2ccc(Cl)cc2)cc(Cl)c1O. The molecule has 2 aromatic rings. The highest BCUT2D eigenvalue weighted by molar-refractivity contribution is 7.95. The van der Waals surface area contributed by atoms with E-state index in [0.29, 0.717) is 10.6 Å². The first-order valence-corrected chi connectivity index (χ1v) is 8.72. The van der Waals surface area contributed by atoms with Crippen LogP contribution in [0.3, 0.4) is 0 Å². The molecule has 124 valence electrons. The van der Waals surface area contributed by atoms with Crippen molar-refractivity contribution in [2.24, 2.45) is 0 Å². The number of methoxy groups -OCH3 is 1. The average molecular weight is 384 g/mol. The highest BCUT2D eigenvalue weighted by Gasteiger charge is 2.21. The normalized spacial score (nSPS) is 11.8. The fraction of sp³-hybridized carbons (Fsp3) is 0.0625. The molecule has 0 amide bonds. The van der Waals surface area contributed by atoms with Crippen molar-refractivity contribution in [3.63, 3.8) is 0 Å². The number of phenols is 1. The zero-order valence-corrected chi connectivity index (χ0v) is 14.7. The molecule has 2 aromatic carbocycles. The van der Waals surface area contributed by atoms with E-state index in [2.05, 4.69) is 0 Å². The molecule has 0 fully saturated rings. The third kappa shape index (κ3) is 3.65. The first-order chi connectivity index (χ1) is 11.3. The minimum absolute atomic E-state index is 0.0261. The zero-order chi connectivity index (χ0) is 17.9. The van der Waals surface area contributed by atoms with E-state index in [9.17, 15) is 18.8 Å². The van der Waals surface area contributed by atoms with Crippen LogP contribution >= 0.6 is 23.2 Å². The molecule has 0 aliphatic rings. The van der Waals surface area contributed by atoms with Gasteiger partial charge >= 0.3 is 0 Å². The maximum atomic E-state index is 12.5. The molecule has 0 bridgehead atoms. The lowest BCUT2D eigenvalue weighted by Crippen LogP contribution is -2.03. The molecule has 0 spiro atoms. The van der Waals surface area contributed by atoms with E-state index in [1.807, 2.05) is 0 Å². The number of nitriles is 1. The Morgan fingerprint density at radius 2 is 1.88 bits per heavy atom. The number of nitrogens with zero attached hydrogens (tertiary/aromatic N) is 1. The number of halogens is 2. The van der Waals surface area contributed by atoms with Crippen LogP contribution in [0, 0.1) is 11.3 Å². The summed E-state index contributed by atoms with van der Waals surface area (Å²) in [6.07, 6.45) is 1.15. The Balaban J connectivity index is 2.56. The summed E-state index contributed by atoms with van der Waals surface area (Å²) in [5, 5.41) is 19.3. The van der Waals surface area contributed by atoms with Crippen molar-refractivity contribution < 1.29 is 18.3 Å². The van der Waals surface area contributed by atoms with E-state index in [1.165, 1.54) is 43.5 Å². The first-order valence-electron chi connectivity index (χ1n) is 6.48. The van der Waals surface area contributed by atoms with Crippen LogP contribution < -0.4 is 4.74 Å². The van der Waals surface area contributed by atoms with Gasteiger partial charge in [-0.1, -0.05) is 23.2 Å². The van der Waals surface area contributed by atoms with Crippen molar-refractivity contribution >= 4 is 39.1 Å². The third-order valence-electron chi connectivity index (χ3n) is 3.09. The monoisotopic (exact) mass is 383 g/mol. The van der Waals surface area contributed by atoms with Crippen molar-refractivity contribution in [2.75, 3.05) is 7.11 Å². The Labute approximate surface area is 149 Å². The molecule has 5 nitrogen and oxygen atoms in total. The van der Waals surface area contributed by atoms with Crippen LogP contribution in [0.4, 0.5) is 0 Å². The summed E-state index contributed by atoms with van der Waals surface area (Å²) >= 11 is 11.6. The second kappa shape index (κ2) is 7.14. The van der Waals surface area contributed by atoms with Gasteiger partial charge in [0.1, 0.15) is 11.0 Å². The molecule has 0 aliphatic heterocycles. The van der Waals surface area contributed by atoms with E-state index >= 15 is 0 Å². The largest absolute Gasteiger partial charge is 0.503 e. The van der Waals surface area contributed by atoms with Gasteiger partial charge in [0.15, 0.2) is 11.5 Å². The molecule has 0 saturated carbocycles. The fourth-order valence-electron chi connectivity index (χ4n) is 1.89. The second-order valence-electron chi connectivity index (χ2n) is 4.63. The molecule has 0 heterocycles. The number of benzene rings is 2. The molecule has 2 rings (SSSR count). The number of allylic oxidation sites excluding steroid dienone is 1. The summed E-state index contributed by atoms with van der Waals surface area (Å²) < 4.78 is 30.0. The quantitative estimate of drug-likeness (QED) is 0.804. The molecule has 0 atom stereocenters. The topological polar surface area (TPSA) is 87.4 Å². The Hall–Kier alpha value is -2.20. The molecule has 8 heteroatoms. The Morgan fingerprint density at radius 1 is 1.25 bits per heavy atom. The standard InChI is InChI=1S/C16H11Cl2NO4S/c1-23-15-8-10(7-14(18)16(15)20)6-13(9-19)24(21,22)12-4-2-11(17)3-5-12/h2-8,20H,1H3/b13-6+. The van der Waals surface area contributed by atoms with Gasteiger partial charge in [-0.2, -0.15) is 5.26 Å². The van der Waals surface area contributed by atoms with Crippen LogP contribution in [-0.4, -0.2) is 20.6 Å². The summed E-state index contributed by atoms with van der Waals surface area (Å²) in [5.41, 5.74) is 0.295. The van der Waals surface area contributed by atoms with Crippen LogP contribution in [0.15, 0.2) is 46.2 Å². The smallest absolute Gasteiger partial charge is 0.216 e. The first kappa shape index (κ1) is 18.1. The van der Waals surface area contributed by atoms with Gasteiger partial charge in [-0.3, -0.25) is 0 Å². The minimum Gasteiger partial charge on any atom is -0.503 e. The Morgan fingerprint density at radius 3 is 2.42 bits per heavy atom. The van der Waals surface area contributed by atoms with Gasteiger partial charge in [-0.05, 0) is 48.0 Å². The lowest BCUT2D eigenvalue weighted by Gasteiger charge is -2.07. The summed E-state index contributed by atoms with van der Waals surface area (Å²) in [7, 11) is -2.69. The maximum Gasteiger partial charge on any atom is 0.216 e. The molecule has 0 aliphatic carbocycles. The summed E-state index contributed by atoms with van der Waals surface area (Å²) in [6.45, 7) is 0. The second-order valence-corrected chi connectivity index (χ2v) is 7.39. The summed E-state index contributed by atoms with van der Waals surface area (Å²) in [6, 6.07) is 9.83. The van der Waals surface area contributed by atoms with E-state index in [1.54, 1.807) is 6.07 Å². The molecule has 0 unspecified atom stereocenters. The van der Waals surface area contributed by atoms with Gasteiger partial charge < -0.3 is 9.84 Å². The highest BCUT2D eigenvalue weighted by atomic mass is 35.5. The minimum atomic E-state index is -4.01. The fourth-order valence-corrected chi connectivity index (χ4v) is 3.40. The molecular formula is C16H11Cl2NO4S. The molecule has 0 radical (unpaired) electrons. The van der Waals surface area contributed by atoms with Crippen LogP contribution in [0.1, 0.15) is 5.56 Å². The zero-order valence-electron chi connectivity index (χ0n) is 12.3. The highest BCUT2D eigenvalue weighted by Crippen LogP contribution is 2.36. The van der Waals surface area contributed by atoms with Gasteiger partial charge in [0.05, 0.1) is 17.0 Å². The van der Waals surface area contributed by atoms with E-state index in [4.69, 9.17) is 27.9 Å². The number of rotatable bonds is 4. The Bertz CT molecular complexity index is 945. The number of hydrogen-bond acceptors (Lipinski definition) is 5. The van der Waals surface area contributed by atoms with Crippen molar-refractivity contribution in [3.8, 4) is 17.6 Å². The van der Waals surface area contributed by atoms with E-state index < -0.39 is 14.7 Å². The summed E-state index contributed by atoms with van der Waals surface area (Å²) in [4.78, 5) is -0.537. The van der Waals surface area contributed by atoms with Gasteiger partial charge in [-0.25, -0.2) is 8.42 Å². The number of hydrogen-bond donors (Lipinski definition) is 1. The average Bonchev–Trinajstić information content (AvgIpc) is 2.55. The van der Waals surface area contributed by atoms with Crippen LogP contribution in [0.25, 0.3) is 6.08 Å². The number of phenolic OH excluding ortho intramolecular Hbond substituents is 1. The van der Waals surface area contributed by atoms with Crippen molar-refractivity contribution in [1.29, 1.82) is 5.26 Å². The van der Waals surface area contributed by atoms with Gasteiger partial charge in [0.25, 0.3) is 0 Å². The predicted octanol–water partition coefficient (Wildman–Crippen LogP) is 4.05. The Kier molecular flexibility index (Phi) is 5.40. The van der Waals surface area contributed by atoms with E-state index in [-0.39, 0.29) is 21.4 Å². The summed E-state index contributed by atoms with van der Waals surface area (Å²) in [5.74, 6) is -0.203. The van der Waals surface area contributed by atoms with E-state index in [0.717, 1.165) is 6.08 Å². The van der Waals surface area contributed by atoms with Crippen molar-refractivity contribution in [3.05, 3.63) is 56.9 Å². The molecular weight excluding hydrogens is 373 g/mol. The van der Waals surface area contributed by atoms with Crippen LogP contribution in [-0.2, 0) is 9.84 Å². The van der Waals surface area contributed by atoms with Gasteiger partial charge in [0, 0.05) is 5.02 Å². The van der Waals surface area contributed by atoms with Crippen molar-refractivity contribution in [1.82, 2.24) is 0 Å². The maximum absolute atomic E-state index is 12.5. The molecule has 0 saturated heterocycles.